The maximum Gasteiger partial charge on any atom is 0.260 e. The number of benzene rings is 2. The van der Waals surface area contributed by atoms with Crippen molar-refractivity contribution in [1.82, 2.24) is 5.43 Å². The zero-order valence-electron chi connectivity index (χ0n) is 15.4. The van der Waals surface area contributed by atoms with Gasteiger partial charge in [0.15, 0.2) is 6.61 Å². The number of rotatable bonds is 9. The van der Waals surface area contributed by atoms with Gasteiger partial charge in [0, 0.05) is 0 Å². The number of sulfonamides is 1. The smallest absolute Gasteiger partial charge is 0.260 e. The maximum absolute atomic E-state index is 12.1. The van der Waals surface area contributed by atoms with Gasteiger partial charge >= 0.3 is 0 Å². The van der Waals surface area contributed by atoms with Crippen LogP contribution in [0.3, 0.4) is 0 Å². The Bertz CT molecular complexity index is 1010. The van der Waals surface area contributed by atoms with E-state index in [4.69, 9.17) is 22.1 Å². The highest BCUT2D eigenvalue weighted by Crippen LogP contribution is 2.26. The fourth-order valence-corrected chi connectivity index (χ4v) is 3.34. The lowest BCUT2D eigenvalue weighted by Gasteiger charge is -2.22. The summed E-state index contributed by atoms with van der Waals surface area (Å²) in [4.78, 5) is 22.8. The van der Waals surface area contributed by atoms with Crippen LogP contribution in [0, 0.1) is 0 Å². The van der Waals surface area contributed by atoms with E-state index in [1.165, 1.54) is 18.3 Å². The molecule has 0 spiro atoms. The first kappa shape index (κ1) is 22.2. The van der Waals surface area contributed by atoms with Crippen LogP contribution in [0.15, 0.2) is 53.6 Å². The van der Waals surface area contributed by atoms with E-state index in [0.29, 0.717) is 11.3 Å². The number of ether oxygens (including phenoxy) is 1. The summed E-state index contributed by atoms with van der Waals surface area (Å²) >= 11 is 6.04. The molecule has 0 aliphatic heterocycles. The molecule has 0 heterocycles. The standard InChI is InChI=1S/C18H19ClN4O5S/c1-29(26,27)23(16-5-3-2-4-15(16)19)11-18(25)22-21-10-13-6-8-14(9-7-13)28-12-17(20)24/h2-10H,11-12H2,1H3,(H2,20,24)(H,22,25)/b21-10-. The second kappa shape index (κ2) is 9.89. The number of primary amides is 1. The lowest BCUT2D eigenvalue weighted by atomic mass is 10.2. The molecule has 2 aromatic rings. The molecule has 0 aliphatic rings. The van der Waals surface area contributed by atoms with Crippen molar-refractivity contribution in [3.63, 3.8) is 0 Å². The Kier molecular flexibility index (Phi) is 7.57. The first-order valence-electron chi connectivity index (χ1n) is 8.22. The summed E-state index contributed by atoms with van der Waals surface area (Å²) in [6.07, 6.45) is 2.35. The highest BCUT2D eigenvalue weighted by molar-refractivity contribution is 7.92. The summed E-state index contributed by atoms with van der Waals surface area (Å²) in [5.41, 5.74) is 8.10. The van der Waals surface area contributed by atoms with Crippen molar-refractivity contribution < 1.29 is 22.7 Å². The summed E-state index contributed by atoms with van der Waals surface area (Å²) in [6, 6.07) is 12.8. The number of nitrogens with one attached hydrogen (secondary N) is 1. The third-order valence-electron chi connectivity index (χ3n) is 3.47. The minimum atomic E-state index is -3.74. The summed E-state index contributed by atoms with van der Waals surface area (Å²) in [5.74, 6) is -0.778. The molecular weight excluding hydrogens is 420 g/mol. The SMILES string of the molecule is CS(=O)(=O)N(CC(=O)N/N=C\c1ccc(OCC(N)=O)cc1)c1ccccc1Cl. The fraction of sp³-hybridized carbons (Fsp3) is 0.167. The minimum absolute atomic E-state index is 0.197. The molecule has 0 unspecified atom stereocenters. The van der Waals surface area contributed by atoms with Crippen LogP contribution in [0.4, 0.5) is 5.69 Å². The quantitative estimate of drug-likeness (QED) is 0.447. The summed E-state index contributed by atoms with van der Waals surface area (Å²) in [6.45, 7) is -0.717. The highest BCUT2D eigenvalue weighted by Gasteiger charge is 2.22. The molecule has 2 rings (SSSR count). The number of carbonyl (C=O) groups excluding carboxylic acids is 2. The molecule has 9 nitrogen and oxygen atoms in total. The average Bonchev–Trinajstić information content (AvgIpc) is 2.65. The molecule has 0 fully saturated rings. The van der Waals surface area contributed by atoms with Crippen molar-refractivity contribution in [2.24, 2.45) is 10.8 Å². The first-order valence-corrected chi connectivity index (χ1v) is 10.4. The topological polar surface area (TPSA) is 131 Å². The molecule has 2 aromatic carbocycles. The van der Waals surface area contributed by atoms with E-state index >= 15 is 0 Å². The normalized spacial score (nSPS) is 11.2. The van der Waals surface area contributed by atoms with E-state index in [9.17, 15) is 18.0 Å². The zero-order valence-corrected chi connectivity index (χ0v) is 17.0. The van der Waals surface area contributed by atoms with E-state index in [-0.39, 0.29) is 17.3 Å². The van der Waals surface area contributed by atoms with Gasteiger partial charge in [-0.2, -0.15) is 5.10 Å². The number of para-hydroxylation sites is 1. The number of nitrogens with zero attached hydrogens (tertiary/aromatic N) is 2. The maximum atomic E-state index is 12.1. The van der Waals surface area contributed by atoms with Crippen LogP contribution in [-0.2, 0) is 19.6 Å². The van der Waals surface area contributed by atoms with Gasteiger partial charge < -0.3 is 10.5 Å². The summed E-state index contributed by atoms with van der Waals surface area (Å²) in [5, 5.41) is 4.00. The van der Waals surface area contributed by atoms with Gasteiger partial charge in [-0.15, -0.1) is 0 Å². The number of hydrazone groups is 1. The third kappa shape index (κ3) is 7.09. The van der Waals surface area contributed by atoms with Gasteiger partial charge in [0.1, 0.15) is 12.3 Å². The number of hydrogen-bond acceptors (Lipinski definition) is 6. The molecule has 29 heavy (non-hydrogen) atoms. The molecule has 0 saturated heterocycles. The predicted molar refractivity (Wildman–Crippen MR) is 111 cm³/mol. The van der Waals surface area contributed by atoms with Crippen molar-refractivity contribution in [2.45, 2.75) is 0 Å². The second-order valence-corrected chi connectivity index (χ2v) is 8.15. The van der Waals surface area contributed by atoms with E-state index in [1.807, 2.05) is 0 Å². The number of hydrogen-bond donors (Lipinski definition) is 2. The first-order chi connectivity index (χ1) is 13.7. The molecular formula is C18H19ClN4O5S. The number of amides is 2. The zero-order chi connectivity index (χ0) is 21.4. The Morgan fingerprint density at radius 1 is 1.21 bits per heavy atom. The Hall–Kier alpha value is -3.11. The van der Waals surface area contributed by atoms with Gasteiger partial charge in [-0.25, -0.2) is 13.8 Å². The predicted octanol–water partition coefficient (Wildman–Crippen LogP) is 1.12. The van der Waals surface area contributed by atoms with E-state index < -0.39 is 28.4 Å². The van der Waals surface area contributed by atoms with Crippen LogP contribution in [0.25, 0.3) is 0 Å². The molecule has 0 aliphatic carbocycles. The van der Waals surface area contributed by atoms with Crippen LogP contribution < -0.4 is 20.2 Å². The van der Waals surface area contributed by atoms with Crippen molar-refractivity contribution >= 4 is 45.3 Å². The van der Waals surface area contributed by atoms with Crippen molar-refractivity contribution in [2.75, 3.05) is 23.7 Å². The molecule has 3 N–H and O–H groups in total. The third-order valence-corrected chi connectivity index (χ3v) is 4.92. The van der Waals surface area contributed by atoms with Crippen LogP contribution >= 0.6 is 11.6 Å². The van der Waals surface area contributed by atoms with Crippen LogP contribution in [0.5, 0.6) is 5.75 Å². The lowest BCUT2D eigenvalue weighted by Crippen LogP contribution is -2.39. The number of nitrogens with two attached hydrogens (primary N) is 1. The van der Waals surface area contributed by atoms with Gasteiger partial charge in [-0.3, -0.25) is 13.9 Å². The fourth-order valence-electron chi connectivity index (χ4n) is 2.18. The van der Waals surface area contributed by atoms with Crippen molar-refractivity contribution in [3.8, 4) is 5.75 Å². The van der Waals surface area contributed by atoms with Gasteiger partial charge in [-0.05, 0) is 42.0 Å². The molecule has 154 valence electrons. The lowest BCUT2D eigenvalue weighted by molar-refractivity contribution is -0.120. The molecule has 0 aromatic heterocycles. The Labute approximate surface area is 173 Å². The number of anilines is 1. The average molecular weight is 439 g/mol. The van der Waals surface area contributed by atoms with Gasteiger partial charge in [-0.1, -0.05) is 23.7 Å². The molecule has 11 heteroatoms. The number of carbonyl (C=O) groups is 2. The van der Waals surface area contributed by atoms with Crippen LogP contribution in [0.1, 0.15) is 5.56 Å². The van der Waals surface area contributed by atoms with Gasteiger partial charge in [0.2, 0.25) is 10.0 Å². The Morgan fingerprint density at radius 3 is 2.45 bits per heavy atom. The highest BCUT2D eigenvalue weighted by atomic mass is 35.5. The van der Waals surface area contributed by atoms with Crippen LogP contribution in [-0.4, -0.2) is 45.9 Å². The van der Waals surface area contributed by atoms with E-state index in [2.05, 4.69) is 10.5 Å². The molecule has 0 radical (unpaired) electrons. The second-order valence-electron chi connectivity index (χ2n) is 5.84. The largest absolute Gasteiger partial charge is 0.484 e. The molecule has 0 atom stereocenters. The van der Waals surface area contributed by atoms with E-state index in [0.717, 1.165) is 10.6 Å². The summed E-state index contributed by atoms with van der Waals surface area (Å²) in [7, 11) is -3.74. The van der Waals surface area contributed by atoms with E-state index in [1.54, 1.807) is 36.4 Å². The van der Waals surface area contributed by atoms with Gasteiger partial charge in [0.05, 0.1) is 23.2 Å². The van der Waals surface area contributed by atoms with Crippen molar-refractivity contribution in [1.29, 1.82) is 0 Å². The molecule has 2 amide bonds. The minimum Gasteiger partial charge on any atom is -0.484 e. The molecule has 0 bridgehead atoms. The Balaban J connectivity index is 1.98. The molecule has 0 saturated carbocycles. The number of halogens is 1. The van der Waals surface area contributed by atoms with Gasteiger partial charge in [0.25, 0.3) is 11.8 Å². The van der Waals surface area contributed by atoms with Crippen molar-refractivity contribution in [3.05, 3.63) is 59.1 Å². The monoisotopic (exact) mass is 438 g/mol. The Morgan fingerprint density at radius 2 is 1.86 bits per heavy atom. The summed E-state index contributed by atoms with van der Waals surface area (Å²) < 4.78 is 30.1. The van der Waals surface area contributed by atoms with Crippen LogP contribution in [0.2, 0.25) is 5.02 Å².